The van der Waals surface area contributed by atoms with Gasteiger partial charge in [-0.1, -0.05) is 0 Å². The Morgan fingerprint density at radius 2 is 2.21 bits per heavy atom. The molecule has 2 N–H and O–H groups in total. The van der Waals surface area contributed by atoms with Gasteiger partial charge in [0.2, 0.25) is 0 Å². The van der Waals surface area contributed by atoms with Crippen LogP contribution in [-0.2, 0) is 6.42 Å². The number of aromatic nitrogens is 3. The summed E-state index contributed by atoms with van der Waals surface area (Å²) in [6.07, 6.45) is 4.80. The molecule has 3 heterocycles. The third kappa shape index (κ3) is 2.69. The van der Waals surface area contributed by atoms with Gasteiger partial charge in [0.05, 0.1) is 24.3 Å². The van der Waals surface area contributed by atoms with Crippen LogP contribution in [0.25, 0.3) is 11.0 Å². The first kappa shape index (κ1) is 12.4. The largest absolute Gasteiger partial charge is 0.467 e. The molecule has 2 aromatic rings. The lowest BCUT2D eigenvalue weighted by molar-refractivity contribution is 0.244. The summed E-state index contributed by atoms with van der Waals surface area (Å²) in [5.41, 5.74) is 3.17. The Labute approximate surface area is 112 Å². The van der Waals surface area contributed by atoms with Crippen molar-refractivity contribution in [2.45, 2.75) is 6.42 Å². The molecule has 102 valence electrons. The van der Waals surface area contributed by atoms with Gasteiger partial charge in [-0.25, -0.2) is 4.98 Å². The number of hydrogen-bond donors (Lipinski definition) is 2. The van der Waals surface area contributed by atoms with Crippen molar-refractivity contribution in [3.63, 3.8) is 0 Å². The van der Waals surface area contributed by atoms with E-state index in [1.165, 1.54) is 5.56 Å². The van der Waals surface area contributed by atoms with E-state index in [0.717, 1.165) is 50.2 Å². The highest BCUT2D eigenvalue weighted by Crippen LogP contribution is 2.18. The van der Waals surface area contributed by atoms with Crippen LogP contribution in [-0.4, -0.2) is 59.7 Å². The molecule has 0 aliphatic carbocycles. The van der Waals surface area contributed by atoms with Crippen molar-refractivity contribution in [1.82, 2.24) is 25.2 Å². The fourth-order valence-corrected chi connectivity index (χ4v) is 2.45. The van der Waals surface area contributed by atoms with Crippen molar-refractivity contribution in [2.24, 2.45) is 0 Å². The van der Waals surface area contributed by atoms with E-state index in [-0.39, 0.29) is 0 Å². The maximum Gasteiger partial charge on any atom is 0.316 e. The first-order chi connectivity index (χ1) is 9.36. The summed E-state index contributed by atoms with van der Waals surface area (Å²) in [5, 5.41) is 3.37. The minimum Gasteiger partial charge on any atom is -0.467 e. The molecule has 6 nitrogen and oxygen atoms in total. The second-order valence-corrected chi connectivity index (χ2v) is 4.77. The molecule has 1 aliphatic heterocycles. The molecular formula is C13H19N5O. The normalized spacial score (nSPS) is 16.9. The molecule has 0 unspecified atom stereocenters. The number of hydrogen-bond acceptors (Lipinski definition) is 5. The Hall–Kier alpha value is -1.66. The van der Waals surface area contributed by atoms with Gasteiger partial charge >= 0.3 is 6.01 Å². The van der Waals surface area contributed by atoms with E-state index in [9.17, 15) is 0 Å². The van der Waals surface area contributed by atoms with E-state index < -0.39 is 0 Å². The molecule has 1 aliphatic rings. The minimum atomic E-state index is 0.426. The van der Waals surface area contributed by atoms with Gasteiger partial charge < -0.3 is 19.9 Å². The molecule has 1 fully saturated rings. The van der Waals surface area contributed by atoms with E-state index in [2.05, 4.69) is 25.2 Å². The number of ether oxygens (including phenoxy) is 1. The Kier molecular flexibility index (Phi) is 3.61. The highest BCUT2D eigenvalue weighted by molar-refractivity contribution is 5.78. The monoisotopic (exact) mass is 261 g/mol. The number of rotatable bonds is 4. The van der Waals surface area contributed by atoms with Crippen LogP contribution in [0.3, 0.4) is 0 Å². The number of nitrogens with zero attached hydrogens (tertiary/aromatic N) is 3. The third-order valence-electron chi connectivity index (χ3n) is 3.56. The van der Waals surface area contributed by atoms with Crippen LogP contribution in [0, 0.1) is 0 Å². The summed E-state index contributed by atoms with van der Waals surface area (Å²) in [7, 11) is 1.59. The summed E-state index contributed by atoms with van der Waals surface area (Å²) >= 11 is 0. The van der Waals surface area contributed by atoms with Gasteiger partial charge in [0.25, 0.3) is 0 Å². The molecule has 0 bridgehead atoms. The average molecular weight is 261 g/mol. The standard InChI is InChI=1S/C13H19N5O/c1-19-13-16-9-11-12(17-13)10(8-15-11)2-5-18-6-3-14-4-7-18/h8-9,14-15H,2-7H2,1H3. The van der Waals surface area contributed by atoms with Crippen LogP contribution in [0.4, 0.5) is 0 Å². The number of fused-ring (bicyclic) bond motifs is 1. The summed E-state index contributed by atoms with van der Waals surface area (Å²) in [5.74, 6) is 0. The Morgan fingerprint density at radius 1 is 1.37 bits per heavy atom. The van der Waals surface area contributed by atoms with Gasteiger partial charge in [-0.05, 0) is 12.0 Å². The summed E-state index contributed by atoms with van der Waals surface area (Å²) < 4.78 is 5.09. The molecule has 3 rings (SSSR count). The zero-order chi connectivity index (χ0) is 13.1. The molecule has 0 saturated carbocycles. The van der Waals surface area contributed by atoms with Crippen molar-refractivity contribution in [2.75, 3.05) is 39.8 Å². The van der Waals surface area contributed by atoms with Gasteiger partial charge in [-0.2, -0.15) is 4.98 Å². The number of methoxy groups -OCH3 is 1. The van der Waals surface area contributed by atoms with Crippen LogP contribution >= 0.6 is 0 Å². The maximum absolute atomic E-state index is 5.09. The molecule has 0 atom stereocenters. The highest BCUT2D eigenvalue weighted by atomic mass is 16.5. The lowest BCUT2D eigenvalue weighted by Gasteiger charge is -2.26. The van der Waals surface area contributed by atoms with Crippen LogP contribution < -0.4 is 10.1 Å². The molecule has 2 aromatic heterocycles. The van der Waals surface area contributed by atoms with Crippen LogP contribution in [0.5, 0.6) is 6.01 Å². The zero-order valence-corrected chi connectivity index (χ0v) is 11.1. The van der Waals surface area contributed by atoms with Crippen molar-refractivity contribution in [1.29, 1.82) is 0 Å². The molecule has 1 saturated heterocycles. The lowest BCUT2D eigenvalue weighted by atomic mass is 10.2. The zero-order valence-electron chi connectivity index (χ0n) is 11.1. The van der Waals surface area contributed by atoms with E-state index in [4.69, 9.17) is 4.74 Å². The average Bonchev–Trinajstić information content (AvgIpc) is 2.88. The number of nitrogens with one attached hydrogen (secondary N) is 2. The van der Waals surface area contributed by atoms with Crippen LogP contribution in [0.15, 0.2) is 12.4 Å². The molecule has 0 aromatic carbocycles. The van der Waals surface area contributed by atoms with Gasteiger partial charge in [0.1, 0.15) is 0 Å². The quantitative estimate of drug-likeness (QED) is 0.834. The second-order valence-electron chi connectivity index (χ2n) is 4.77. The second kappa shape index (κ2) is 5.54. The highest BCUT2D eigenvalue weighted by Gasteiger charge is 2.12. The minimum absolute atomic E-state index is 0.426. The van der Waals surface area contributed by atoms with Crippen LogP contribution in [0.1, 0.15) is 5.56 Å². The van der Waals surface area contributed by atoms with Crippen molar-refractivity contribution in [3.8, 4) is 6.01 Å². The summed E-state index contributed by atoms with van der Waals surface area (Å²) in [6, 6.07) is 0.426. The predicted octanol–water partition coefficient (Wildman–Crippen LogP) is 0.414. The van der Waals surface area contributed by atoms with E-state index >= 15 is 0 Å². The van der Waals surface area contributed by atoms with Gasteiger partial charge in [-0.15, -0.1) is 0 Å². The smallest absolute Gasteiger partial charge is 0.316 e. The number of H-pyrrole nitrogens is 1. The van der Waals surface area contributed by atoms with E-state index in [1.807, 2.05) is 6.20 Å². The molecule has 0 amide bonds. The molecule has 0 radical (unpaired) electrons. The third-order valence-corrected chi connectivity index (χ3v) is 3.56. The maximum atomic E-state index is 5.09. The molecule has 6 heteroatoms. The number of piperazine rings is 1. The topological polar surface area (TPSA) is 66.1 Å². The van der Waals surface area contributed by atoms with Gasteiger partial charge in [0, 0.05) is 38.9 Å². The van der Waals surface area contributed by atoms with Gasteiger partial charge in [-0.3, -0.25) is 0 Å². The Balaban J connectivity index is 1.72. The lowest BCUT2D eigenvalue weighted by Crippen LogP contribution is -2.44. The van der Waals surface area contributed by atoms with Crippen molar-refractivity contribution < 1.29 is 4.74 Å². The van der Waals surface area contributed by atoms with Crippen molar-refractivity contribution in [3.05, 3.63) is 18.0 Å². The molecule has 19 heavy (non-hydrogen) atoms. The molecule has 0 spiro atoms. The summed E-state index contributed by atoms with van der Waals surface area (Å²) in [6.45, 7) is 5.50. The van der Waals surface area contributed by atoms with Crippen molar-refractivity contribution >= 4 is 11.0 Å². The Bertz CT molecular complexity index is 547. The molecular weight excluding hydrogens is 242 g/mol. The van der Waals surface area contributed by atoms with Gasteiger partial charge in [0.15, 0.2) is 0 Å². The van der Waals surface area contributed by atoms with E-state index in [0.29, 0.717) is 6.01 Å². The van der Waals surface area contributed by atoms with Crippen LogP contribution in [0.2, 0.25) is 0 Å². The first-order valence-corrected chi connectivity index (χ1v) is 6.67. The summed E-state index contributed by atoms with van der Waals surface area (Å²) in [4.78, 5) is 14.2. The Morgan fingerprint density at radius 3 is 3.00 bits per heavy atom. The SMILES string of the molecule is COc1ncc2[nH]cc(CCN3CCNCC3)c2n1. The predicted molar refractivity (Wildman–Crippen MR) is 73.5 cm³/mol. The number of aromatic amines is 1. The first-order valence-electron chi connectivity index (χ1n) is 6.67. The fraction of sp³-hybridized carbons (Fsp3) is 0.538. The fourth-order valence-electron chi connectivity index (χ4n) is 2.45. The van der Waals surface area contributed by atoms with E-state index in [1.54, 1.807) is 13.3 Å².